The van der Waals surface area contributed by atoms with Crippen molar-refractivity contribution in [3.8, 4) is 11.8 Å². The Morgan fingerprint density at radius 3 is 2.75 bits per heavy atom. The summed E-state index contributed by atoms with van der Waals surface area (Å²) in [4.78, 5) is 11.6. The highest BCUT2D eigenvalue weighted by Gasteiger charge is 2.07. The van der Waals surface area contributed by atoms with Gasteiger partial charge in [0.2, 0.25) is 0 Å². The van der Waals surface area contributed by atoms with E-state index in [4.69, 9.17) is 5.11 Å². The summed E-state index contributed by atoms with van der Waals surface area (Å²) in [6.45, 7) is 0.481. The molecule has 102 valence electrons. The summed E-state index contributed by atoms with van der Waals surface area (Å²) in [6.07, 6.45) is 1.82. The van der Waals surface area contributed by atoms with Crippen molar-refractivity contribution in [3.63, 3.8) is 0 Å². The molecule has 0 bridgehead atoms. The van der Waals surface area contributed by atoms with Crippen molar-refractivity contribution in [3.05, 3.63) is 53.4 Å². The van der Waals surface area contributed by atoms with E-state index in [1.54, 1.807) is 0 Å². The Kier molecular flexibility index (Phi) is 4.93. The van der Waals surface area contributed by atoms with Gasteiger partial charge in [0.25, 0.3) is 5.91 Å². The molecule has 0 atom stereocenters. The van der Waals surface area contributed by atoms with E-state index in [9.17, 15) is 4.79 Å². The van der Waals surface area contributed by atoms with Crippen LogP contribution in [0.3, 0.4) is 0 Å². The van der Waals surface area contributed by atoms with Crippen molar-refractivity contribution in [1.29, 1.82) is 0 Å². The first-order chi connectivity index (χ1) is 9.79. The molecule has 0 aliphatic rings. The molecule has 0 saturated carbocycles. The molecule has 0 spiro atoms. The molecule has 0 unspecified atom stereocenters. The molecule has 5 nitrogen and oxygen atoms in total. The summed E-state index contributed by atoms with van der Waals surface area (Å²) in [6, 6.07) is 9.05. The Labute approximate surface area is 116 Å². The summed E-state index contributed by atoms with van der Waals surface area (Å²) in [5.74, 6) is 5.52. The third-order valence-corrected chi connectivity index (χ3v) is 2.55. The van der Waals surface area contributed by atoms with Crippen LogP contribution in [0.1, 0.15) is 28.0 Å². The normalized spacial score (nSPS) is 9.65. The standard InChI is InChI=1S/C15H14N2O3/c18-9-2-1-3-12-4-6-13(7-5-12)11-16-15(19)14-8-10-20-17-14/h4-8,10,18H,2,9,11H2,(H,16,19). The van der Waals surface area contributed by atoms with E-state index in [-0.39, 0.29) is 18.2 Å². The van der Waals surface area contributed by atoms with Crippen LogP contribution in [0, 0.1) is 11.8 Å². The predicted octanol–water partition coefficient (Wildman–Crippen LogP) is 1.34. The van der Waals surface area contributed by atoms with E-state index in [2.05, 4.69) is 26.8 Å². The largest absolute Gasteiger partial charge is 0.395 e. The maximum absolute atomic E-state index is 11.6. The molecular formula is C15H14N2O3. The van der Waals surface area contributed by atoms with Gasteiger partial charge < -0.3 is 14.9 Å². The Balaban J connectivity index is 1.88. The molecule has 2 rings (SSSR count). The van der Waals surface area contributed by atoms with Gasteiger partial charge in [-0.2, -0.15) is 0 Å². The van der Waals surface area contributed by atoms with Gasteiger partial charge in [-0.3, -0.25) is 4.79 Å². The lowest BCUT2D eigenvalue weighted by Crippen LogP contribution is -2.22. The van der Waals surface area contributed by atoms with Crippen LogP contribution in [0.25, 0.3) is 0 Å². The molecule has 2 aromatic rings. The van der Waals surface area contributed by atoms with Gasteiger partial charge >= 0.3 is 0 Å². The second-order valence-electron chi connectivity index (χ2n) is 4.04. The van der Waals surface area contributed by atoms with Crippen LogP contribution >= 0.6 is 0 Å². The first kappa shape index (κ1) is 13.8. The highest BCUT2D eigenvalue weighted by molar-refractivity contribution is 5.91. The van der Waals surface area contributed by atoms with Crippen molar-refractivity contribution in [1.82, 2.24) is 10.5 Å². The zero-order chi connectivity index (χ0) is 14.2. The summed E-state index contributed by atoms with van der Waals surface area (Å²) in [5, 5.41) is 14.9. The third-order valence-electron chi connectivity index (χ3n) is 2.55. The quantitative estimate of drug-likeness (QED) is 0.822. The second kappa shape index (κ2) is 7.12. The average Bonchev–Trinajstić information content (AvgIpc) is 3.01. The van der Waals surface area contributed by atoms with Crippen molar-refractivity contribution < 1.29 is 14.4 Å². The summed E-state index contributed by atoms with van der Waals surface area (Å²) >= 11 is 0. The van der Waals surface area contributed by atoms with Crippen molar-refractivity contribution in [2.45, 2.75) is 13.0 Å². The van der Waals surface area contributed by atoms with Crippen LogP contribution in [-0.4, -0.2) is 22.8 Å². The maximum atomic E-state index is 11.6. The topological polar surface area (TPSA) is 75.4 Å². The molecule has 2 N–H and O–H groups in total. The molecule has 0 aliphatic heterocycles. The molecule has 1 aromatic heterocycles. The van der Waals surface area contributed by atoms with E-state index in [1.807, 2.05) is 24.3 Å². The second-order valence-corrected chi connectivity index (χ2v) is 4.04. The van der Waals surface area contributed by atoms with Crippen molar-refractivity contribution >= 4 is 5.91 Å². The Morgan fingerprint density at radius 2 is 2.10 bits per heavy atom. The van der Waals surface area contributed by atoms with Crippen LogP contribution < -0.4 is 5.32 Å². The summed E-state index contributed by atoms with van der Waals surface area (Å²) in [5.41, 5.74) is 2.11. The number of amides is 1. The van der Waals surface area contributed by atoms with Crippen LogP contribution in [0.15, 0.2) is 41.1 Å². The minimum atomic E-state index is -0.273. The number of rotatable bonds is 4. The number of carbonyl (C=O) groups is 1. The lowest BCUT2D eigenvalue weighted by atomic mass is 10.1. The van der Waals surface area contributed by atoms with Gasteiger partial charge in [0, 0.05) is 24.6 Å². The van der Waals surface area contributed by atoms with Crippen LogP contribution in [0.5, 0.6) is 0 Å². The number of hydrogen-bond donors (Lipinski definition) is 2. The van der Waals surface area contributed by atoms with E-state index in [0.717, 1.165) is 11.1 Å². The molecule has 0 fully saturated rings. The molecule has 0 saturated heterocycles. The van der Waals surface area contributed by atoms with Crippen LogP contribution in [0.4, 0.5) is 0 Å². The number of nitrogens with one attached hydrogen (secondary N) is 1. The lowest BCUT2D eigenvalue weighted by molar-refractivity contribution is 0.0942. The Hall–Kier alpha value is -2.58. The first-order valence-electron chi connectivity index (χ1n) is 6.17. The zero-order valence-corrected chi connectivity index (χ0v) is 10.8. The summed E-state index contributed by atoms with van der Waals surface area (Å²) in [7, 11) is 0. The number of carbonyl (C=O) groups excluding carboxylic acids is 1. The van der Waals surface area contributed by atoms with E-state index in [0.29, 0.717) is 13.0 Å². The molecule has 1 amide bonds. The minimum absolute atomic E-state index is 0.0686. The van der Waals surface area contributed by atoms with Gasteiger partial charge in [0.1, 0.15) is 6.26 Å². The lowest BCUT2D eigenvalue weighted by Gasteiger charge is -2.03. The Morgan fingerprint density at radius 1 is 1.30 bits per heavy atom. The fourth-order valence-corrected chi connectivity index (χ4v) is 1.53. The van der Waals surface area contributed by atoms with Gasteiger partial charge in [-0.25, -0.2) is 0 Å². The first-order valence-corrected chi connectivity index (χ1v) is 6.17. The SMILES string of the molecule is O=C(NCc1ccc(C#CCCO)cc1)c1ccon1. The fraction of sp³-hybridized carbons (Fsp3) is 0.200. The van der Waals surface area contributed by atoms with Crippen LogP contribution in [0.2, 0.25) is 0 Å². The molecule has 20 heavy (non-hydrogen) atoms. The highest BCUT2D eigenvalue weighted by Crippen LogP contribution is 2.04. The number of aromatic nitrogens is 1. The van der Waals surface area contributed by atoms with E-state index in [1.165, 1.54) is 12.3 Å². The zero-order valence-electron chi connectivity index (χ0n) is 10.8. The average molecular weight is 270 g/mol. The molecule has 0 aliphatic carbocycles. The van der Waals surface area contributed by atoms with Crippen molar-refractivity contribution in [2.75, 3.05) is 6.61 Å². The Bertz CT molecular complexity index is 607. The smallest absolute Gasteiger partial charge is 0.273 e. The molecule has 0 radical (unpaired) electrons. The third kappa shape index (κ3) is 3.97. The number of nitrogens with zero attached hydrogens (tertiary/aromatic N) is 1. The molecule has 1 aromatic carbocycles. The predicted molar refractivity (Wildman–Crippen MR) is 72.7 cm³/mol. The molecular weight excluding hydrogens is 256 g/mol. The maximum Gasteiger partial charge on any atom is 0.273 e. The van der Waals surface area contributed by atoms with Gasteiger partial charge in [0.05, 0.1) is 6.61 Å². The number of aliphatic hydroxyl groups excluding tert-OH is 1. The van der Waals surface area contributed by atoms with E-state index < -0.39 is 0 Å². The van der Waals surface area contributed by atoms with Gasteiger partial charge in [-0.05, 0) is 17.7 Å². The molecule has 1 heterocycles. The van der Waals surface area contributed by atoms with Crippen molar-refractivity contribution in [2.24, 2.45) is 0 Å². The monoisotopic (exact) mass is 270 g/mol. The highest BCUT2D eigenvalue weighted by atomic mass is 16.5. The number of hydrogen-bond acceptors (Lipinski definition) is 4. The number of benzene rings is 1. The molecule has 5 heteroatoms. The minimum Gasteiger partial charge on any atom is -0.395 e. The van der Waals surface area contributed by atoms with Crippen LogP contribution in [-0.2, 0) is 6.54 Å². The van der Waals surface area contributed by atoms with Gasteiger partial charge in [-0.15, -0.1) is 0 Å². The fourth-order valence-electron chi connectivity index (χ4n) is 1.53. The van der Waals surface area contributed by atoms with E-state index >= 15 is 0 Å². The van der Waals surface area contributed by atoms with Gasteiger partial charge in [-0.1, -0.05) is 29.1 Å². The number of aliphatic hydroxyl groups is 1. The summed E-state index contributed by atoms with van der Waals surface area (Å²) < 4.78 is 4.61. The van der Waals surface area contributed by atoms with Gasteiger partial charge in [0.15, 0.2) is 5.69 Å².